The second kappa shape index (κ2) is 3.70. The number of nitrogens with zero attached hydrogens (tertiary/aromatic N) is 3. The van der Waals surface area contributed by atoms with Crippen molar-refractivity contribution in [2.24, 2.45) is 0 Å². The Balaban J connectivity index is 2.26. The van der Waals surface area contributed by atoms with Gasteiger partial charge in [-0.2, -0.15) is 0 Å². The summed E-state index contributed by atoms with van der Waals surface area (Å²) < 4.78 is 5.81. The minimum atomic E-state index is -0.0312. The smallest absolute Gasteiger partial charge is 0.256 e. The molecule has 0 spiro atoms. The summed E-state index contributed by atoms with van der Waals surface area (Å²) in [6.45, 7) is 3.63. The lowest BCUT2D eigenvalue weighted by Gasteiger charge is -2.01. The monoisotopic (exact) mass is 247 g/mol. The highest BCUT2D eigenvalue weighted by molar-refractivity contribution is 7.71. The van der Waals surface area contributed by atoms with Crippen LogP contribution in [0.1, 0.15) is 12.0 Å². The minimum Gasteiger partial charge on any atom is -0.256 e. The molecule has 0 saturated heterocycles. The number of hydrogen-bond donors (Lipinski definition) is 0. The molecule has 0 atom stereocenters. The zero-order chi connectivity index (χ0) is 12.0. The summed E-state index contributed by atoms with van der Waals surface area (Å²) in [5.74, 6) is 0. The number of rotatable bonds is 1. The van der Waals surface area contributed by atoms with Gasteiger partial charge in [0.1, 0.15) is 0 Å². The Kier molecular flexibility index (Phi) is 2.29. The molecule has 0 N–H and O–H groups in total. The highest BCUT2D eigenvalue weighted by Crippen LogP contribution is 2.11. The Bertz CT molecular complexity index is 640. The van der Waals surface area contributed by atoms with Crippen molar-refractivity contribution in [2.45, 2.75) is 26.4 Å². The van der Waals surface area contributed by atoms with E-state index >= 15 is 0 Å². The Morgan fingerprint density at radius 2 is 1.76 bits per heavy atom. The Morgan fingerprint density at radius 1 is 1.12 bits per heavy atom. The summed E-state index contributed by atoms with van der Waals surface area (Å²) in [6, 6.07) is 7.85. The minimum absolute atomic E-state index is 0.0312. The van der Waals surface area contributed by atoms with Crippen LogP contribution in [0.3, 0.4) is 0 Å². The van der Waals surface area contributed by atoms with Gasteiger partial charge in [-0.1, -0.05) is 17.7 Å². The maximum absolute atomic E-state index is 12.2. The van der Waals surface area contributed by atoms with Crippen LogP contribution in [0.4, 0.5) is 0 Å². The van der Waals surface area contributed by atoms with Crippen LogP contribution in [-0.4, -0.2) is 13.9 Å². The molecule has 1 aliphatic heterocycles. The van der Waals surface area contributed by atoms with Gasteiger partial charge in [-0.25, -0.2) is 14.0 Å². The largest absolute Gasteiger partial charge is 0.349 e. The molecule has 1 aliphatic rings. The van der Waals surface area contributed by atoms with Crippen molar-refractivity contribution in [2.75, 3.05) is 0 Å². The van der Waals surface area contributed by atoms with Crippen molar-refractivity contribution in [1.82, 2.24) is 13.9 Å². The fourth-order valence-corrected chi connectivity index (χ4v) is 2.61. The van der Waals surface area contributed by atoms with E-state index in [1.54, 1.807) is 9.25 Å². The lowest BCUT2D eigenvalue weighted by Crippen LogP contribution is -2.23. The van der Waals surface area contributed by atoms with E-state index in [0.29, 0.717) is 4.77 Å². The highest BCUT2D eigenvalue weighted by Gasteiger charge is 2.18. The van der Waals surface area contributed by atoms with Crippen molar-refractivity contribution in [3.63, 3.8) is 0 Å². The lowest BCUT2D eigenvalue weighted by molar-refractivity contribution is 0.588. The van der Waals surface area contributed by atoms with Crippen LogP contribution in [-0.2, 0) is 13.1 Å². The summed E-state index contributed by atoms with van der Waals surface area (Å²) in [5, 5.41) is 0. The molecule has 2 aromatic rings. The summed E-state index contributed by atoms with van der Waals surface area (Å²) in [7, 11) is 0. The average Bonchev–Trinajstić information content (AvgIpc) is 2.87. The predicted octanol–water partition coefficient (Wildman–Crippen LogP) is 1.88. The molecular formula is C12H13N3OS. The molecule has 1 aromatic heterocycles. The zero-order valence-corrected chi connectivity index (χ0v) is 10.4. The fraction of sp³-hybridized carbons (Fsp3) is 0.333. The van der Waals surface area contributed by atoms with Crippen LogP contribution >= 0.6 is 12.2 Å². The molecule has 0 radical (unpaired) electrons. The molecule has 5 heteroatoms. The molecule has 0 unspecified atom stereocenters. The molecule has 0 saturated carbocycles. The van der Waals surface area contributed by atoms with E-state index in [0.717, 1.165) is 25.2 Å². The molecule has 0 bridgehead atoms. The van der Waals surface area contributed by atoms with Crippen molar-refractivity contribution in [1.29, 1.82) is 0 Å². The van der Waals surface area contributed by atoms with Crippen LogP contribution in [0.25, 0.3) is 5.69 Å². The van der Waals surface area contributed by atoms with Crippen molar-refractivity contribution in [3.05, 3.63) is 45.1 Å². The molecule has 3 rings (SSSR count). The van der Waals surface area contributed by atoms with E-state index in [2.05, 4.69) is 0 Å². The molecule has 0 fully saturated rings. The third kappa shape index (κ3) is 1.50. The first-order valence-electron chi connectivity index (χ1n) is 5.68. The summed E-state index contributed by atoms with van der Waals surface area (Å²) in [6.07, 6.45) is 0.994. The molecule has 4 nitrogen and oxygen atoms in total. The maximum atomic E-state index is 12.2. The standard InChI is InChI=1S/C12H13N3OS/c1-9-3-5-10(6-4-9)15-11(16)13-7-2-8-14(13)12(15)17/h3-6H,2,7-8H2,1H3. The van der Waals surface area contributed by atoms with Gasteiger partial charge in [-0.15, -0.1) is 0 Å². The molecule has 0 amide bonds. The molecule has 0 aliphatic carbocycles. The molecular weight excluding hydrogens is 234 g/mol. The number of benzene rings is 1. The van der Waals surface area contributed by atoms with Gasteiger partial charge in [0, 0.05) is 13.1 Å². The van der Waals surface area contributed by atoms with E-state index in [-0.39, 0.29) is 5.69 Å². The first kappa shape index (κ1) is 10.5. The molecule has 1 aromatic carbocycles. The van der Waals surface area contributed by atoms with Gasteiger partial charge in [-0.05, 0) is 37.7 Å². The number of aromatic nitrogens is 3. The van der Waals surface area contributed by atoms with Crippen LogP contribution in [0.5, 0.6) is 0 Å². The van der Waals surface area contributed by atoms with E-state index in [4.69, 9.17) is 12.2 Å². The SMILES string of the molecule is Cc1ccc(-n2c(=O)n3n(c2=S)CCC3)cc1. The number of fused-ring (bicyclic) bond motifs is 1. The molecule has 17 heavy (non-hydrogen) atoms. The normalized spacial score (nSPS) is 13.9. The summed E-state index contributed by atoms with van der Waals surface area (Å²) in [5.41, 5.74) is 1.99. The van der Waals surface area contributed by atoms with Crippen molar-refractivity contribution >= 4 is 12.2 Å². The van der Waals surface area contributed by atoms with Crippen LogP contribution in [0.2, 0.25) is 0 Å². The van der Waals surface area contributed by atoms with Crippen LogP contribution in [0.15, 0.2) is 29.1 Å². The molecule has 88 valence electrons. The first-order valence-corrected chi connectivity index (χ1v) is 6.09. The number of hydrogen-bond acceptors (Lipinski definition) is 2. The third-order valence-corrected chi connectivity index (χ3v) is 3.54. The highest BCUT2D eigenvalue weighted by atomic mass is 32.1. The second-order valence-corrected chi connectivity index (χ2v) is 4.70. The van der Waals surface area contributed by atoms with Crippen LogP contribution < -0.4 is 5.69 Å². The Labute approximate surface area is 104 Å². The van der Waals surface area contributed by atoms with Crippen LogP contribution in [0, 0.1) is 11.7 Å². The summed E-state index contributed by atoms with van der Waals surface area (Å²) in [4.78, 5) is 12.2. The fourth-order valence-electron chi connectivity index (χ4n) is 2.24. The van der Waals surface area contributed by atoms with E-state index < -0.39 is 0 Å². The zero-order valence-electron chi connectivity index (χ0n) is 9.59. The van der Waals surface area contributed by atoms with Gasteiger partial charge in [-0.3, -0.25) is 4.68 Å². The van der Waals surface area contributed by atoms with Crippen molar-refractivity contribution < 1.29 is 0 Å². The third-order valence-electron chi connectivity index (χ3n) is 3.15. The van der Waals surface area contributed by atoms with Gasteiger partial charge in [0.15, 0.2) is 0 Å². The van der Waals surface area contributed by atoms with Gasteiger partial charge < -0.3 is 0 Å². The van der Waals surface area contributed by atoms with Gasteiger partial charge in [0.25, 0.3) is 0 Å². The average molecular weight is 247 g/mol. The van der Waals surface area contributed by atoms with Gasteiger partial charge >= 0.3 is 5.69 Å². The maximum Gasteiger partial charge on any atom is 0.349 e. The topological polar surface area (TPSA) is 31.9 Å². The Morgan fingerprint density at radius 3 is 2.41 bits per heavy atom. The second-order valence-electron chi connectivity index (χ2n) is 4.34. The Hall–Kier alpha value is -1.62. The van der Waals surface area contributed by atoms with E-state index in [1.165, 1.54) is 5.56 Å². The van der Waals surface area contributed by atoms with E-state index in [9.17, 15) is 4.79 Å². The molecule has 2 heterocycles. The lowest BCUT2D eigenvalue weighted by atomic mass is 10.2. The quantitative estimate of drug-likeness (QED) is 0.721. The predicted molar refractivity (Wildman–Crippen MR) is 68.2 cm³/mol. The van der Waals surface area contributed by atoms with Gasteiger partial charge in [0.05, 0.1) is 5.69 Å². The number of aryl methyl sites for hydroxylation is 1. The van der Waals surface area contributed by atoms with Crippen molar-refractivity contribution in [3.8, 4) is 5.69 Å². The summed E-state index contributed by atoms with van der Waals surface area (Å²) >= 11 is 5.36. The first-order chi connectivity index (χ1) is 8.18. The van der Waals surface area contributed by atoms with E-state index in [1.807, 2.05) is 35.9 Å². The van der Waals surface area contributed by atoms with Gasteiger partial charge in [0.2, 0.25) is 4.77 Å².